The average Bonchev–Trinajstić information content (AvgIpc) is 3.01. The van der Waals surface area contributed by atoms with Crippen LogP contribution < -0.4 is 0 Å². The smallest absolute Gasteiger partial charge is 0.390 e. The Hall–Kier alpha value is -1.33. The molecule has 0 saturated carbocycles. The van der Waals surface area contributed by atoms with E-state index in [1.54, 1.807) is 0 Å². The van der Waals surface area contributed by atoms with E-state index >= 15 is 0 Å². The van der Waals surface area contributed by atoms with Crippen molar-refractivity contribution in [2.24, 2.45) is 5.92 Å². The van der Waals surface area contributed by atoms with Crippen LogP contribution >= 0.6 is 0 Å². The Kier molecular flexibility index (Phi) is 54.4. The minimum absolute atomic E-state index is 0. The zero-order valence-electron chi connectivity index (χ0n) is 35.2. The summed E-state index contributed by atoms with van der Waals surface area (Å²) in [5.74, 6) is 0.520. The van der Waals surface area contributed by atoms with Gasteiger partial charge in [0.1, 0.15) is 0 Å². The zero-order valence-corrected chi connectivity index (χ0v) is 41.1. The summed E-state index contributed by atoms with van der Waals surface area (Å²) in [5, 5.41) is 0. The normalized spacial score (nSPS) is 9.75. The fraction of sp³-hybridized carbons (Fsp3) is 0.568. The minimum atomic E-state index is 0. The first-order chi connectivity index (χ1) is 20.9. The molecule has 0 aliphatic heterocycles. The Labute approximate surface area is 333 Å². The summed E-state index contributed by atoms with van der Waals surface area (Å²) in [4.78, 5) is 4.12. The summed E-state index contributed by atoms with van der Waals surface area (Å²) < 4.78 is 0. The van der Waals surface area contributed by atoms with Crippen LogP contribution in [0.2, 0.25) is 0 Å². The Morgan fingerprint density at radius 3 is 1.27 bits per heavy atom. The zero-order chi connectivity index (χ0) is 36.7. The van der Waals surface area contributed by atoms with Crippen LogP contribution in [0.1, 0.15) is 162 Å². The maximum absolute atomic E-state index is 4.12. The van der Waals surface area contributed by atoms with Crippen molar-refractivity contribution < 1.29 is 42.1 Å². The molecule has 4 heteroatoms. The minimum Gasteiger partial charge on any atom is -0.390 e. The van der Waals surface area contributed by atoms with Crippen LogP contribution in [-0.2, 0) is 58.4 Å². The van der Waals surface area contributed by atoms with Crippen molar-refractivity contribution in [3.63, 3.8) is 0 Å². The number of pyridine rings is 1. The van der Waals surface area contributed by atoms with E-state index in [0.717, 1.165) is 11.3 Å². The van der Waals surface area contributed by atoms with E-state index in [-0.39, 0.29) is 66.8 Å². The third-order valence-corrected chi connectivity index (χ3v) is 5.16. The Morgan fingerprint density at radius 2 is 1.06 bits per heavy atom. The second-order valence-corrected chi connectivity index (χ2v) is 12.9. The number of nitrogens with zero attached hydrogens (tertiary/aromatic N) is 1. The molecule has 48 heavy (non-hydrogen) atoms. The van der Waals surface area contributed by atoms with Crippen LogP contribution in [0.3, 0.4) is 0 Å². The molecule has 1 aliphatic rings. The van der Waals surface area contributed by atoms with Crippen LogP contribution in [0, 0.1) is 25.0 Å². The SMILES string of the molecule is CC.CC.CC.CC(C)(C)c1ccc[c-]n1.CC(C)(C)c1cccc(C(C)(C)C)c1.CC(C)C1=C=C=C=C=C1.C[CH-]C.C[CH-]C.[B].[W+2].[W]. The van der Waals surface area contributed by atoms with E-state index in [2.05, 4.69) is 135 Å². The average molecular weight is 996 g/mol. The summed E-state index contributed by atoms with van der Waals surface area (Å²) in [7, 11) is 0. The van der Waals surface area contributed by atoms with Crippen molar-refractivity contribution in [3.8, 4) is 0 Å². The topological polar surface area (TPSA) is 12.9 Å². The van der Waals surface area contributed by atoms with Gasteiger partial charge >= 0.3 is 21.1 Å². The van der Waals surface area contributed by atoms with Gasteiger partial charge in [-0.3, -0.25) is 0 Å². The molecule has 1 nitrogen and oxygen atoms in total. The van der Waals surface area contributed by atoms with Crippen LogP contribution in [0.15, 0.2) is 77.0 Å². The van der Waals surface area contributed by atoms with Crippen LogP contribution in [0.25, 0.3) is 0 Å². The van der Waals surface area contributed by atoms with E-state index in [9.17, 15) is 0 Å². The summed E-state index contributed by atoms with van der Waals surface area (Å²) in [6.45, 7) is 44.2. The van der Waals surface area contributed by atoms with Gasteiger partial charge in [0, 0.05) is 41.1 Å². The molecule has 2 aromatic rings. The van der Waals surface area contributed by atoms with Crippen molar-refractivity contribution in [1.82, 2.24) is 4.98 Å². The van der Waals surface area contributed by atoms with Crippen LogP contribution in [0.4, 0.5) is 0 Å². The molecule has 1 aromatic carbocycles. The molecule has 1 aromatic heterocycles. The Balaban J connectivity index is -0.0000000707. The van der Waals surface area contributed by atoms with Crippen LogP contribution in [-0.4, -0.2) is 13.4 Å². The maximum Gasteiger partial charge on any atom is 2.00 e. The third kappa shape index (κ3) is 39.1. The molecule has 0 saturated heterocycles. The van der Waals surface area contributed by atoms with Gasteiger partial charge in [-0.2, -0.15) is 45.9 Å². The standard InChI is InChI=1S/C14H22.C9H12N.C9H8.2C3H7.3C2H6.B.2W/c1-13(2,3)11-8-7-9-12(10-11)14(4,5)6;1-9(2,3)8-6-4-5-7-10-8;1-8(2)9-6-4-3-5-7-9;2*1-3-2;3*1-2;;;/h7-10H,1-6H3;4-6H,1-3H3;6,8H,1-2H3;2*3H,1-2H3;3*1-2H3;;;/q;-1;;2*-1;;;;;;+2. The van der Waals surface area contributed by atoms with Gasteiger partial charge < -0.3 is 17.8 Å². The molecule has 0 unspecified atom stereocenters. The number of aromatic nitrogens is 1. The molecule has 0 atom stereocenters. The van der Waals surface area contributed by atoms with E-state index in [4.69, 9.17) is 0 Å². The summed E-state index contributed by atoms with van der Waals surface area (Å²) in [5.41, 5.74) is 16.9. The summed E-state index contributed by atoms with van der Waals surface area (Å²) in [6.07, 6.45) is 8.71. The molecule has 3 radical (unpaired) electrons. The first-order valence-electron chi connectivity index (χ1n) is 17.1. The van der Waals surface area contributed by atoms with Crippen molar-refractivity contribution in [1.29, 1.82) is 0 Å². The first-order valence-corrected chi connectivity index (χ1v) is 17.1. The number of benzene rings is 1. The van der Waals surface area contributed by atoms with E-state index in [0.29, 0.717) is 5.92 Å². The number of hydrogen-bond acceptors (Lipinski definition) is 1. The summed E-state index contributed by atoms with van der Waals surface area (Å²) in [6, 6.07) is 14.7. The van der Waals surface area contributed by atoms with Crippen LogP contribution in [0.5, 0.6) is 0 Å². The van der Waals surface area contributed by atoms with E-state index in [1.807, 2.05) is 106 Å². The van der Waals surface area contributed by atoms with Gasteiger partial charge in [-0.25, -0.2) is 0 Å². The van der Waals surface area contributed by atoms with Gasteiger partial charge in [0.05, 0.1) is 0 Å². The van der Waals surface area contributed by atoms with Gasteiger partial charge in [-0.1, -0.05) is 165 Å². The molecule has 0 fully saturated rings. The maximum atomic E-state index is 4.12. The van der Waals surface area contributed by atoms with Crippen molar-refractivity contribution in [2.45, 2.75) is 162 Å². The second-order valence-electron chi connectivity index (χ2n) is 12.9. The van der Waals surface area contributed by atoms with Crippen molar-refractivity contribution in [3.05, 3.63) is 113 Å². The van der Waals surface area contributed by atoms with Gasteiger partial charge in [0.25, 0.3) is 0 Å². The monoisotopic (exact) mass is 995 g/mol. The molecule has 0 bridgehead atoms. The van der Waals surface area contributed by atoms with Gasteiger partial charge in [-0.15, -0.1) is 0 Å². The van der Waals surface area contributed by atoms with Crippen molar-refractivity contribution >= 4 is 8.41 Å². The molecule has 3 rings (SSSR count). The quantitative estimate of drug-likeness (QED) is 0.158. The second kappa shape index (κ2) is 40.1. The number of allylic oxidation sites excluding steroid dienone is 2. The fourth-order valence-electron chi connectivity index (χ4n) is 2.80. The Morgan fingerprint density at radius 1 is 0.667 bits per heavy atom. The largest absolute Gasteiger partial charge is 2.00 e. The third-order valence-electron chi connectivity index (χ3n) is 5.16. The molecular formula is C44H74BNW2-. The summed E-state index contributed by atoms with van der Waals surface area (Å²) >= 11 is 0. The van der Waals surface area contributed by atoms with Gasteiger partial charge in [0.2, 0.25) is 0 Å². The fourth-order valence-corrected chi connectivity index (χ4v) is 2.80. The number of rotatable bonds is 1. The van der Waals surface area contributed by atoms with Crippen molar-refractivity contribution in [2.75, 3.05) is 0 Å². The van der Waals surface area contributed by atoms with Gasteiger partial charge in [-0.05, 0) is 44.8 Å². The predicted molar refractivity (Wildman–Crippen MR) is 214 cm³/mol. The molecule has 1 heterocycles. The molecule has 0 amide bonds. The molecular weight excluding hydrogens is 921 g/mol. The van der Waals surface area contributed by atoms with Gasteiger partial charge in [0.15, 0.2) is 0 Å². The van der Waals surface area contributed by atoms with E-state index in [1.165, 1.54) is 11.1 Å². The molecule has 0 N–H and O–H groups in total. The molecule has 0 spiro atoms. The predicted octanol–water partition coefficient (Wildman–Crippen LogP) is 13.8. The van der Waals surface area contributed by atoms with E-state index < -0.39 is 0 Å². The number of hydrogen-bond donors (Lipinski definition) is 0. The Bertz CT molecular complexity index is 1070. The molecule has 1 aliphatic carbocycles. The first kappa shape index (κ1) is 65.1. The molecule has 271 valence electrons.